The Kier molecular flexibility index (Phi) is 2.38. The highest BCUT2D eigenvalue weighted by Crippen LogP contribution is 2.23. The van der Waals surface area contributed by atoms with Crippen LogP contribution in [0.5, 0.6) is 0 Å². The van der Waals surface area contributed by atoms with E-state index in [-0.39, 0.29) is 0 Å². The van der Waals surface area contributed by atoms with Crippen LogP contribution in [0.2, 0.25) is 0 Å². The van der Waals surface area contributed by atoms with Crippen LogP contribution in [0.4, 0.5) is 0 Å². The first-order chi connectivity index (χ1) is 9.92. The molecule has 0 fully saturated rings. The lowest BCUT2D eigenvalue weighted by atomic mass is 10.2. The van der Waals surface area contributed by atoms with Crippen molar-refractivity contribution < 1.29 is 0 Å². The van der Waals surface area contributed by atoms with Crippen LogP contribution in [0.1, 0.15) is 11.4 Å². The van der Waals surface area contributed by atoms with E-state index in [4.69, 9.17) is 0 Å². The second-order valence-corrected chi connectivity index (χ2v) is 4.58. The lowest BCUT2D eigenvalue weighted by molar-refractivity contribution is 0.910. The van der Waals surface area contributed by atoms with Crippen LogP contribution in [-0.2, 0) is 6.42 Å². The molecule has 4 aromatic rings. The van der Waals surface area contributed by atoms with Gasteiger partial charge < -0.3 is 4.98 Å². The summed E-state index contributed by atoms with van der Waals surface area (Å²) in [6.07, 6.45) is 7.79. The van der Waals surface area contributed by atoms with E-state index in [0.29, 0.717) is 0 Å². The Labute approximate surface area is 114 Å². The molecule has 0 aliphatic heterocycles. The number of hydrogen-bond acceptors (Lipinski definition) is 3. The van der Waals surface area contributed by atoms with Crippen LogP contribution >= 0.6 is 0 Å². The molecule has 0 saturated carbocycles. The number of H-pyrrole nitrogens is 2. The van der Waals surface area contributed by atoms with E-state index in [0.717, 1.165) is 34.7 Å². The summed E-state index contributed by atoms with van der Waals surface area (Å²) >= 11 is 0. The molecule has 0 bridgehead atoms. The first-order valence-corrected chi connectivity index (χ1v) is 6.34. The van der Waals surface area contributed by atoms with Crippen molar-refractivity contribution in [2.24, 2.45) is 0 Å². The Morgan fingerprint density at radius 3 is 3.00 bits per heavy atom. The fraction of sp³-hybridized carbons (Fsp3) is 0.0714. The number of aromatic nitrogens is 6. The van der Waals surface area contributed by atoms with Crippen molar-refractivity contribution >= 4 is 11.0 Å². The van der Waals surface area contributed by atoms with Gasteiger partial charge in [-0.3, -0.25) is 9.67 Å². The van der Waals surface area contributed by atoms with Crippen LogP contribution in [0.25, 0.3) is 16.9 Å². The van der Waals surface area contributed by atoms with E-state index in [1.165, 1.54) is 0 Å². The molecule has 98 valence electrons. The number of nitrogens with one attached hydrogen (secondary N) is 2. The minimum atomic E-state index is 0.759. The first kappa shape index (κ1) is 11.0. The van der Waals surface area contributed by atoms with Gasteiger partial charge in [0.2, 0.25) is 0 Å². The topological polar surface area (TPSA) is 75.2 Å². The molecular weight excluding hydrogens is 252 g/mol. The molecule has 20 heavy (non-hydrogen) atoms. The zero-order chi connectivity index (χ0) is 13.4. The lowest BCUT2D eigenvalue weighted by Crippen LogP contribution is -2.02. The molecule has 2 N–H and O–H groups in total. The molecule has 0 aromatic carbocycles. The molecule has 4 heterocycles. The molecule has 0 amide bonds. The highest BCUT2D eigenvalue weighted by Gasteiger charge is 2.13. The minimum absolute atomic E-state index is 0.759. The predicted molar refractivity (Wildman–Crippen MR) is 74.6 cm³/mol. The monoisotopic (exact) mass is 264 g/mol. The maximum Gasteiger partial charge on any atom is 0.145 e. The number of hydrogen-bond donors (Lipinski definition) is 2. The summed E-state index contributed by atoms with van der Waals surface area (Å²) in [6, 6.07) is 8.12. The van der Waals surface area contributed by atoms with E-state index < -0.39 is 0 Å². The van der Waals surface area contributed by atoms with Gasteiger partial charge in [-0.2, -0.15) is 5.10 Å². The molecule has 0 saturated heterocycles. The lowest BCUT2D eigenvalue weighted by Gasteiger charge is -2.06. The standard InChI is InChI=1S/C14H12N6/c1-2-10-6-12(7-11-3-5-18-19-11)20(14(10)16-4-1)13-8-15-9-17-13/h1-6,8-9H,7H2,(H,15,17)(H,18,19). The number of aromatic amines is 2. The van der Waals surface area contributed by atoms with Crippen molar-refractivity contribution in [1.82, 2.24) is 29.7 Å². The molecule has 6 heteroatoms. The fourth-order valence-corrected chi connectivity index (χ4v) is 2.44. The second-order valence-electron chi connectivity index (χ2n) is 4.58. The number of fused-ring (bicyclic) bond motifs is 1. The summed E-state index contributed by atoms with van der Waals surface area (Å²) in [5.74, 6) is 0.910. The number of nitrogens with zero attached hydrogens (tertiary/aromatic N) is 4. The molecule has 4 rings (SSSR count). The van der Waals surface area contributed by atoms with Gasteiger partial charge in [-0.25, -0.2) is 9.97 Å². The van der Waals surface area contributed by atoms with Crippen LogP contribution in [0, 0.1) is 0 Å². The number of imidazole rings is 1. The van der Waals surface area contributed by atoms with E-state index in [9.17, 15) is 0 Å². The summed E-state index contributed by atoms with van der Waals surface area (Å²) < 4.78 is 2.09. The van der Waals surface area contributed by atoms with Gasteiger partial charge in [0.25, 0.3) is 0 Å². The maximum atomic E-state index is 4.48. The van der Waals surface area contributed by atoms with Crippen molar-refractivity contribution in [2.75, 3.05) is 0 Å². The van der Waals surface area contributed by atoms with Crippen molar-refractivity contribution in [3.05, 3.63) is 60.6 Å². The van der Waals surface area contributed by atoms with Gasteiger partial charge >= 0.3 is 0 Å². The molecule has 4 aromatic heterocycles. The van der Waals surface area contributed by atoms with Crippen LogP contribution in [0.3, 0.4) is 0 Å². The third kappa shape index (κ3) is 1.70. The quantitative estimate of drug-likeness (QED) is 0.594. The van der Waals surface area contributed by atoms with Crippen molar-refractivity contribution in [3.63, 3.8) is 0 Å². The smallest absolute Gasteiger partial charge is 0.145 e. The SMILES string of the molecule is c1cnc2c(c1)cc(Cc1ccn[nH]1)n2-c1cnc[nH]1. The highest BCUT2D eigenvalue weighted by molar-refractivity contribution is 5.79. The largest absolute Gasteiger partial charge is 0.331 e. The summed E-state index contributed by atoms with van der Waals surface area (Å²) in [4.78, 5) is 11.7. The first-order valence-electron chi connectivity index (χ1n) is 6.34. The molecule has 0 atom stereocenters. The highest BCUT2D eigenvalue weighted by atomic mass is 15.1. The Bertz CT molecular complexity index is 826. The average Bonchev–Trinajstić information content (AvgIpc) is 3.18. The zero-order valence-corrected chi connectivity index (χ0v) is 10.6. The Hall–Kier alpha value is -2.89. The molecule has 0 aliphatic carbocycles. The summed E-state index contributed by atoms with van der Waals surface area (Å²) in [6.45, 7) is 0. The van der Waals surface area contributed by atoms with Crippen molar-refractivity contribution in [1.29, 1.82) is 0 Å². The second kappa shape index (κ2) is 4.34. The van der Waals surface area contributed by atoms with Crippen LogP contribution < -0.4 is 0 Å². The normalized spacial score (nSPS) is 11.2. The summed E-state index contributed by atoms with van der Waals surface area (Å²) in [7, 11) is 0. The van der Waals surface area contributed by atoms with Crippen LogP contribution in [-0.4, -0.2) is 29.7 Å². The van der Waals surface area contributed by atoms with Gasteiger partial charge in [0.05, 0.1) is 12.5 Å². The van der Waals surface area contributed by atoms with Gasteiger partial charge in [-0.15, -0.1) is 0 Å². The van der Waals surface area contributed by atoms with Gasteiger partial charge in [0.15, 0.2) is 0 Å². The number of rotatable bonds is 3. The molecule has 0 aliphatic rings. The van der Waals surface area contributed by atoms with Gasteiger partial charge in [0, 0.05) is 35.6 Å². The third-order valence-electron chi connectivity index (χ3n) is 3.29. The maximum absolute atomic E-state index is 4.48. The van der Waals surface area contributed by atoms with E-state index in [2.05, 4.69) is 41.8 Å². The van der Waals surface area contributed by atoms with Crippen molar-refractivity contribution in [3.8, 4) is 5.82 Å². The molecule has 6 nitrogen and oxygen atoms in total. The molecular formula is C14H12N6. The summed E-state index contributed by atoms with van der Waals surface area (Å²) in [5, 5.41) is 8.10. The van der Waals surface area contributed by atoms with Gasteiger partial charge in [0.1, 0.15) is 11.5 Å². The minimum Gasteiger partial charge on any atom is -0.331 e. The zero-order valence-electron chi connectivity index (χ0n) is 10.6. The Morgan fingerprint density at radius 1 is 1.20 bits per heavy atom. The Morgan fingerprint density at radius 2 is 2.20 bits per heavy atom. The average molecular weight is 264 g/mol. The van der Waals surface area contributed by atoms with E-state index in [1.54, 1.807) is 24.9 Å². The van der Waals surface area contributed by atoms with Gasteiger partial charge in [-0.05, 0) is 24.3 Å². The molecule has 0 radical (unpaired) electrons. The van der Waals surface area contributed by atoms with E-state index in [1.807, 2.05) is 12.1 Å². The number of pyridine rings is 1. The van der Waals surface area contributed by atoms with Crippen molar-refractivity contribution in [2.45, 2.75) is 6.42 Å². The predicted octanol–water partition coefficient (Wildman–Crippen LogP) is 2.06. The third-order valence-corrected chi connectivity index (χ3v) is 3.29. The molecule has 0 spiro atoms. The summed E-state index contributed by atoms with van der Waals surface area (Å²) in [5.41, 5.74) is 3.12. The Balaban J connectivity index is 1.93. The van der Waals surface area contributed by atoms with Crippen LogP contribution in [0.15, 0.2) is 49.2 Å². The molecule has 0 unspecified atom stereocenters. The van der Waals surface area contributed by atoms with E-state index >= 15 is 0 Å². The fourth-order valence-electron chi connectivity index (χ4n) is 2.44. The van der Waals surface area contributed by atoms with Gasteiger partial charge in [-0.1, -0.05) is 0 Å².